The van der Waals surface area contributed by atoms with Crippen LogP contribution in [0.1, 0.15) is 43.2 Å². The summed E-state index contributed by atoms with van der Waals surface area (Å²) in [5.41, 5.74) is 2.96. The summed E-state index contributed by atoms with van der Waals surface area (Å²) < 4.78 is 0. The van der Waals surface area contributed by atoms with Crippen LogP contribution in [-0.2, 0) is 13.0 Å². The van der Waals surface area contributed by atoms with Gasteiger partial charge in [-0.25, -0.2) is 0 Å². The molecule has 2 unspecified atom stereocenters. The van der Waals surface area contributed by atoms with Gasteiger partial charge in [0.25, 0.3) is 0 Å². The lowest BCUT2D eigenvalue weighted by Gasteiger charge is -2.37. The van der Waals surface area contributed by atoms with Crippen LogP contribution in [0, 0.1) is 0 Å². The summed E-state index contributed by atoms with van der Waals surface area (Å²) in [7, 11) is 0. The third kappa shape index (κ3) is 2.45. The van der Waals surface area contributed by atoms with E-state index in [-0.39, 0.29) is 6.10 Å². The summed E-state index contributed by atoms with van der Waals surface area (Å²) in [4.78, 5) is 2.51. The van der Waals surface area contributed by atoms with E-state index in [4.69, 9.17) is 0 Å². The van der Waals surface area contributed by atoms with Crippen LogP contribution in [0.15, 0.2) is 24.3 Å². The summed E-state index contributed by atoms with van der Waals surface area (Å²) in [5, 5.41) is 10.3. The van der Waals surface area contributed by atoms with E-state index in [9.17, 15) is 5.11 Å². The van der Waals surface area contributed by atoms with Gasteiger partial charge in [-0.05, 0) is 30.4 Å². The average molecular weight is 245 g/mol. The van der Waals surface area contributed by atoms with Gasteiger partial charge >= 0.3 is 0 Å². The quantitative estimate of drug-likeness (QED) is 0.769. The van der Waals surface area contributed by atoms with Gasteiger partial charge in [-0.15, -0.1) is 0 Å². The van der Waals surface area contributed by atoms with Crippen molar-refractivity contribution in [3.05, 3.63) is 35.4 Å². The fourth-order valence-corrected chi connectivity index (χ4v) is 3.50. The maximum Gasteiger partial charge on any atom is 0.0695 e. The van der Waals surface area contributed by atoms with Crippen LogP contribution >= 0.6 is 0 Å². The number of rotatable bonds is 1. The van der Waals surface area contributed by atoms with Crippen molar-refractivity contribution in [3.63, 3.8) is 0 Å². The Labute approximate surface area is 110 Å². The zero-order chi connectivity index (χ0) is 12.4. The Kier molecular flexibility index (Phi) is 3.67. The lowest BCUT2D eigenvalue weighted by molar-refractivity contribution is 0.0366. The third-order valence-corrected chi connectivity index (χ3v) is 4.57. The zero-order valence-corrected chi connectivity index (χ0v) is 11.0. The Hall–Kier alpha value is -0.860. The SMILES string of the molecule is OC1CCCCCC1N1CCc2ccccc2C1. The van der Waals surface area contributed by atoms with E-state index >= 15 is 0 Å². The number of nitrogens with zero attached hydrogens (tertiary/aromatic N) is 1. The predicted octanol–water partition coefficient (Wildman–Crippen LogP) is 2.74. The Balaban J connectivity index is 1.74. The lowest BCUT2D eigenvalue weighted by Crippen LogP contribution is -2.45. The van der Waals surface area contributed by atoms with Crippen LogP contribution in [0.25, 0.3) is 0 Å². The van der Waals surface area contributed by atoms with E-state index < -0.39 is 0 Å². The second kappa shape index (κ2) is 5.41. The summed E-state index contributed by atoms with van der Waals surface area (Å²) in [6.07, 6.45) is 6.95. The van der Waals surface area contributed by atoms with Gasteiger partial charge in [0.15, 0.2) is 0 Å². The average Bonchev–Trinajstić information content (AvgIpc) is 2.63. The number of aliphatic hydroxyl groups is 1. The van der Waals surface area contributed by atoms with E-state index in [1.165, 1.54) is 36.8 Å². The smallest absolute Gasteiger partial charge is 0.0695 e. The molecule has 1 aromatic rings. The van der Waals surface area contributed by atoms with E-state index in [0.29, 0.717) is 6.04 Å². The molecule has 98 valence electrons. The van der Waals surface area contributed by atoms with Gasteiger partial charge in [0.1, 0.15) is 0 Å². The lowest BCUT2D eigenvalue weighted by atomic mass is 9.96. The van der Waals surface area contributed by atoms with E-state index in [1.54, 1.807) is 0 Å². The molecule has 1 saturated carbocycles. The maximum absolute atomic E-state index is 10.3. The van der Waals surface area contributed by atoms with Crippen molar-refractivity contribution in [1.82, 2.24) is 4.90 Å². The van der Waals surface area contributed by atoms with Crippen molar-refractivity contribution in [2.45, 2.75) is 57.2 Å². The number of aliphatic hydroxyl groups excluding tert-OH is 1. The fourth-order valence-electron chi connectivity index (χ4n) is 3.50. The minimum absolute atomic E-state index is 0.113. The molecule has 2 heteroatoms. The topological polar surface area (TPSA) is 23.5 Å². The van der Waals surface area contributed by atoms with Gasteiger partial charge in [0, 0.05) is 19.1 Å². The molecule has 2 atom stereocenters. The van der Waals surface area contributed by atoms with Crippen molar-refractivity contribution in [2.24, 2.45) is 0 Å². The zero-order valence-electron chi connectivity index (χ0n) is 11.0. The Bertz CT molecular complexity index is 404. The predicted molar refractivity (Wildman–Crippen MR) is 73.4 cm³/mol. The molecule has 3 rings (SSSR count). The summed E-state index contributed by atoms with van der Waals surface area (Å²) in [6.45, 7) is 2.14. The van der Waals surface area contributed by atoms with Gasteiger partial charge in [0.2, 0.25) is 0 Å². The highest BCUT2D eigenvalue weighted by atomic mass is 16.3. The van der Waals surface area contributed by atoms with E-state index in [0.717, 1.165) is 25.9 Å². The molecule has 0 saturated heterocycles. The number of hydrogen-bond acceptors (Lipinski definition) is 2. The van der Waals surface area contributed by atoms with Crippen LogP contribution in [0.4, 0.5) is 0 Å². The molecule has 0 bridgehead atoms. The van der Waals surface area contributed by atoms with Crippen molar-refractivity contribution in [2.75, 3.05) is 6.54 Å². The van der Waals surface area contributed by atoms with Gasteiger partial charge in [-0.3, -0.25) is 4.90 Å². The molecule has 2 nitrogen and oxygen atoms in total. The van der Waals surface area contributed by atoms with Crippen LogP contribution in [-0.4, -0.2) is 28.7 Å². The first kappa shape index (κ1) is 12.2. The second-order valence-electron chi connectivity index (χ2n) is 5.76. The Morgan fingerprint density at radius 3 is 2.67 bits per heavy atom. The summed E-state index contributed by atoms with van der Waals surface area (Å²) >= 11 is 0. The van der Waals surface area contributed by atoms with Crippen molar-refractivity contribution in [1.29, 1.82) is 0 Å². The molecule has 18 heavy (non-hydrogen) atoms. The molecule has 1 heterocycles. The summed E-state index contributed by atoms with van der Waals surface area (Å²) in [6, 6.07) is 9.14. The molecular weight excluding hydrogens is 222 g/mol. The molecule has 2 aliphatic rings. The van der Waals surface area contributed by atoms with Gasteiger partial charge in [-0.1, -0.05) is 43.5 Å². The van der Waals surface area contributed by atoms with Gasteiger partial charge in [-0.2, -0.15) is 0 Å². The second-order valence-corrected chi connectivity index (χ2v) is 5.76. The highest BCUT2D eigenvalue weighted by Crippen LogP contribution is 2.27. The minimum atomic E-state index is -0.113. The van der Waals surface area contributed by atoms with Crippen molar-refractivity contribution < 1.29 is 5.11 Å². The van der Waals surface area contributed by atoms with Crippen LogP contribution < -0.4 is 0 Å². The standard InChI is InChI=1S/C16H23NO/c18-16-9-3-1-2-8-15(16)17-11-10-13-6-4-5-7-14(13)12-17/h4-7,15-16,18H,1-3,8-12H2. The first-order valence-electron chi connectivity index (χ1n) is 7.33. The largest absolute Gasteiger partial charge is 0.391 e. The van der Waals surface area contributed by atoms with Crippen molar-refractivity contribution >= 4 is 0 Å². The van der Waals surface area contributed by atoms with E-state index in [1.807, 2.05) is 0 Å². The normalized spacial score (nSPS) is 29.6. The minimum Gasteiger partial charge on any atom is -0.391 e. The van der Waals surface area contributed by atoms with Gasteiger partial charge in [0.05, 0.1) is 6.10 Å². The highest BCUT2D eigenvalue weighted by molar-refractivity contribution is 5.29. The first-order chi connectivity index (χ1) is 8.84. The van der Waals surface area contributed by atoms with Crippen LogP contribution in [0.3, 0.4) is 0 Å². The fraction of sp³-hybridized carbons (Fsp3) is 0.625. The van der Waals surface area contributed by atoms with Crippen molar-refractivity contribution in [3.8, 4) is 0 Å². The number of hydrogen-bond donors (Lipinski definition) is 1. The highest BCUT2D eigenvalue weighted by Gasteiger charge is 2.29. The maximum atomic E-state index is 10.3. The third-order valence-electron chi connectivity index (χ3n) is 4.57. The molecule has 0 amide bonds. The monoisotopic (exact) mass is 245 g/mol. The number of benzene rings is 1. The molecule has 0 radical (unpaired) electrons. The molecule has 0 spiro atoms. The molecule has 0 aromatic heterocycles. The molecular formula is C16H23NO. The van der Waals surface area contributed by atoms with Gasteiger partial charge < -0.3 is 5.11 Å². The molecule has 1 N–H and O–H groups in total. The van der Waals surface area contributed by atoms with Crippen LogP contribution in [0.2, 0.25) is 0 Å². The summed E-state index contributed by atoms with van der Waals surface area (Å²) in [5.74, 6) is 0. The Morgan fingerprint density at radius 2 is 1.78 bits per heavy atom. The number of fused-ring (bicyclic) bond motifs is 1. The molecule has 1 aliphatic heterocycles. The molecule has 1 fully saturated rings. The van der Waals surface area contributed by atoms with Crippen LogP contribution in [0.5, 0.6) is 0 Å². The first-order valence-corrected chi connectivity index (χ1v) is 7.33. The molecule has 1 aliphatic carbocycles. The molecule has 1 aromatic carbocycles. The van der Waals surface area contributed by atoms with E-state index in [2.05, 4.69) is 29.2 Å². The Morgan fingerprint density at radius 1 is 1.00 bits per heavy atom.